The number of halogens is 1. The van der Waals surface area contributed by atoms with Crippen LogP contribution in [0, 0.1) is 23.1 Å². The predicted molar refractivity (Wildman–Crippen MR) is 160 cm³/mol. The number of piperidine rings is 2. The van der Waals surface area contributed by atoms with E-state index in [1.54, 1.807) is 45.0 Å². The second-order valence-electron chi connectivity index (χ2n) is 13.7. The van der Waals surface area contributed by atoms with Crippen molar-refractivity contribution in [3.05, 3.63) is 58.9 Å². The van der Waals surface area contributed by atoms with E-state index >= 15 is 4.39 Å². The molecule has 3 heterocycles. The first-order valence-corrected chi connectivity index (χ1v) is 15.4. The average molecular weight is 603 g/mol. The lowest BCUT2D eigenvalue weighted by Crippen LogP contribution is -2.55. The van der Waals surface area contributed by atoms with Crippen LogP contribution in [0.5, 0.6) is 0 Å². The van der Waals surface area contributed by atoms with Crippen molar-refractivity contribution in [2.75, 3.05) is 20.1 Å². The van der Waals surface area contributed by atoms with E-state index in [-0.39, 0.29) is 24.3 Å². The predicted octanol–water partition coefficient (Wildman–Crippen LogP) is 4.92. The number of hydrogen-bond acceptors (Lipinski definition) is 7. The van der Waals surface area contributed by atoms with Crippen molar-refractivity contribution in [2.45, 2.75) is 88.6 Å². The van der Waals surface area contributed by atoms with Gasteiger partial charge in [-0.05, 0) is 87.9 Å². The van der Waals surface area contributed by atoms with Crippen LogP contribution in [-0.2, 0) is 26.3 Å². The Hall–Kier alpha value is -3.97. The molecule has 0 unspecified atom stereocenters. The van der Waals surface area contributed by atoms with Gasteiger partial charge in [-0.1, -0.05) is 18.2 Å². The van der Waals surface area contributed by atoms with E-state index in [0.29, 0.717) is 29.5 Å². The Morgan fingerprint density at radius 1 is 1.16 bits per heavy atom. The highest BCUT2D eigenvalue weighted by Gasteiger charge is 2.53. The van der Waals surface area contributed by atoms with Crippen molar-refractivity contribution in [1.29, 1.82) is 5.26 Å². The molecule has 0 aromatic heterocycles. The molecule has 9 nitrogen and oxygen atoms in total. The number of nitrogens with one attached hydrogen (secondary N) is 1. The number of rotatable bonds is 5. The molecule has 1 saturated carbocycles. The van der Waals surface area contributed by atoms with Crippen molar-refractivity contribution in [1.82, 2.24) is 15.1 Å². The number of nitriles is 1. The summed E-state index contributed by atoms with van der Waals surface area (Å²) in [5, 5.41) is 12.6. The minimum atomic E-state index is -0.977. The lowest BCUT2D eigenvalue weighted by atomic mass is 9.82. The first-order chi connectivity index (χ1) is 20.9. The number of carbonyl (C=O) groups excluding carboxylic acids is 3. The Labute approximate surface area is 257 Å². The number of hydrogen-bond donors (Lipinski definition) is 1. The molecule has 1 aliphatic carbocycles. The zero-order valence-corrected chi connectivity index (χ0v) is 25.7. The van der Waals surface area contributed by atoms with E-state index in [4.69, 9.17) is 9.47 Å². The molecule has 1 N–H and O–H groups in total. The van der Waals surface area contributed by atoms with Gasteiger partial charge in [-0.2, -0.15) is 5.26 Å². The number of ether oxygens (including phenoxy) is 2. The van der Waals surface area contributed by atoms with Crippen molar-refractivity contribution in [3.8, 4) is 17.2 Å². The van der Waals surface area contributed by atoms with E-state index in [9.17, 15) is 19.6 Å². The highest BCUT2D eigenvalue weighted by atomic mass is 19.1. The van der Waals surface area contributed by atoms with Gasteiger partial charge >= 0.3 is 12.1 Å². The van der Waals surface area contributed by atoms with Gasteiger partial charge < -0.3 is 19.7 Å². The van der Waals surface area contributed by atoms with Crippen LogP contribution in [0.3, 0.4) is 0 Å². The lowest BCUT2D eigenvalue weighted by molar-refractivity contribution is -0.128. The van der Waals surface area contributed by atoms with Gasteiger partial charge in [-0.3, -0.25) is 9.69 Å². The number of esters is 1. The van der Waals surface area contributed by atoms with Crippen molar-refractivity contribution < 1.29 is 28.2 Å². The van der Waals surface area contributed by atoms with Gasteiger partial charge in [-0.25, -0.2) is 14.0 Å². The average Bonchev–Trinajstić information content (AvgIpc) is 3.67. The van der Waals surface area contributed by atoms with Gasteiger partial charge in [0.15, 0.2) is 0 Å². The molecule has 3 fully saturated rings. The van der Waals surface area contributed by atoms with Crippen LogP contribution in [0.1, 0.15) is 74.4 Å². The van der Waals surface area contributed by atoms with Crippen LogP contribution in [0.2, 0.25) is 0 Å². The minimum absolute atomic E-state index is 0.00422. The molecule has 232 valence electrons. The summed E-state index contributed by atoms with van der Waals surface area (Å²) in [5.74, 6) is -1.22. The second-order valence-corrected chi connectivity index (χ2v) is 13.7. The first kappa shape index (κ1) is 30.1. The van der Waals surface area contributed by atoms with Gasteiger partial charge in [0.25, 0.3) is 0 Å². The van der Waals surface area contributed by atoms with Crippen molar-refractivity contribution >= 4 is 18.0 Å². The summed E-state index contributed by atoms with van der Waals surface area (Å²) in [6.07, 6.45) is 3.24. The summed E-state index contributed by atoms with van der Waals surface area (Å²) in [7, 11) is 2.05. The summed E-state index contributed by atoms with van der Waals surface area (Å²) in [6, 6.07) is 10.7. The fraction of sp³-hybridized carbons (Fsp3) is 0.529. The molecule has 2 amide bonds. The molecule has 44 heavy (non-hydrogen) atoms. The normalized spacial score (nSPS) is 24.5. The molecule has 2 aromatic carbocycles. The topological polar surface area (TPSA) is 112 Å². The number of fused-ring (bicyclic) bond motifs is 4. The Morgan fingerprint density at radius 3 is 2.55 bits per heavy atom. The van der Waals surface area contributed by atoms with Gasteiger partial charge in [0, 0.05) is 44.0 Å². The third kappa shape index (κ3) is 5.54. The largest absolute Gasteiger partial charge is 0.450 e. The Bertz CT molecular complexity index is 1540. The van der Waals surface area contributed by atoms with Gasteiger partial charge in [-0.15, -0.1) is 0 Å². The zero-order valence-electron chi connectivity index (χ0n) is 25.7. The third-order valence-corrected chi connectivity index (χ3v) is 9.55. The highest BCUT2D eigenvalue weighted by Crippen LogP contribution is 2.46. The molecule has 2 bridgehead atoms. The summed E-state index contributed by atoms with van der Waals surface area (Å²) in [5.41, 5.74) is 1.78. The molecular weight excluding hydrogens is 563 g/mol. The molecule has 4 atom stereocenters. The van der Waals surface area contributed by atoms with E-state index < -0.39 is 41.1 Å². The lowest BCUT2D eigenvalue weighted by Gasteiger charge is -2.37. The third-order valence-electron chi connectivity index (χ3n) is 9.55. The molecule has 4 aliphatic rings. The molecular formula is C34H39FN4O5. The number of likely N-dealkylation sites (tertiary alicyclic amines) is 2. The van der Waals surface area contributed by atoms with Crippen LogP contribution in [0.4, 0.5) is 9.18 Å². The molecule has 2 saturated heterocycles. The fourth-order valence-corrected chi connectivity index (χ4v) is 7.32. The Kier molecular flexibility index (Phi) is 7.65. The fourth-order valence-electron chi connectivity index (χ4n) is 7.32. The van der Waals surface area contributed by atoms with E-state index in [0.717, 1.165) is 43.5 Å². The van der Waals surface area contributed by atoms with E-state index in [1.165, 1.54) is 11.0 Å². The van der Waals surface area contributed by atoms with Crippen LogP contribution >= 0.6 is 0 Å². The molecule has 3 aliphatic heterocycles. The number of nitrogens with zero attached hydrogens (tertiary/aromatic N) is 3. The molecule has 10 heteroatoms. The molecule has 6 rings (SSSR count). The van der Waals surface area contributed by atoms with Crippen LogP contribution < -0.4 is 5.32 Å². The first-order valence-electron chi connectivity index (χ1n) is 15.4. The maximum atomic E-state index is 15.5. The van der Waals surface area contributed by atoms with Gasteiger partial charge in [0.05, 0.1) is 11.6 Å². The zero-order chi connectivity index (χ0) is 31.4. The highest BCUT2D eigenvalue weighted by molar-refractivity contribution is 5.95. The van der Waals surface area contributed by atoms with Crippen LogP contribution in [0.15, 0.2) is 36.4 Å². The van der Waals surface area contributed by atoms with Gasteiger partial charge in [0.1, 0.15) is 29.1 Å². The van der Waals surface area contributed by atoms with Crippen LogP contribution in [0.25, 0.3) is 11.1 Å². The quantitative estimate of drug-likeness (QED) is 0.484. The number of carbonyl (C=O) groups is 3. The summed E-state index contributed by atoms with van der Waals surface area (Å²) >= 11 is 0. The Balaban J connectivity index is 1.16. The molecule has 0 radical (unpaired) electrons. The standard InChI is InChI=1S/C34H39FN4O5/c1-33(2,3)44-32(42)39-25-9-7-23(16-25)29(39)30(40)37-24(19-36)15-22-6-5-21(18-28(22)35)20-8-10-26-27(17-20)34(43-31(26)41)11-13-38(4)14-12-34/h5-6,8,10,17-18,23-25,29H,7,9,11-16H2,1-4H3,(H,37,40)/t23-,24-,25+,29-/m0/s1. The maximum Gasteiger partial charge on any atom is 0.411 e. The Morgan fingerprint density at radius 2 is 1.86 bits per heavy atom. The number of amides is 2. The summed E-state index contributed by atoms with van der Waals surface area (Å²) in [6.45, 7) is 6.98. The number of benzene rings is 2. The second kappa shape index (κ2) is 11.2. The minimum Gasteiger partial charge on any atom is -0.450 e. The monoisotopic (exact) mass is 602 g/mol. The molecule has 2 aromatic rings. The summed E-state index contributed by atoms with van der Waals surface area (Å²) < 4.78 is 26.9. The molecule has 1 spiro atoms. The SMILES string of the molecule is CN1CCC2(CC1)OC(=O)c1ccc(-c3ccc(C[C@@H](C#N)NC(=O)[C@@H]4[C@H]5CC[C@H](C5)N4C(=O)OC(C)(C)C)c(F)c3)cc12. The van der Waals surface area contributed by atoms with E-state index in [2.05, 4.69) is 16.3 Å². The summed E-state index contributed by atoms with van der Waals surface area (Å²) in [4.78, 5) is 42.8. The smallest absolute Gasteiger partial charge is 0.411 e. The van der Waals surface area contributed by atoms with Crippen molar-refractivity contribution in [2.24, 2.45) is 5.92 Å². The maximum absolute atomic E-state index is 15.5. The van der Waals surface area contributed by atoms with Crippen LogP contribution in [-0.4, -0.2) is 71.6 Å². The van der Waals surface area contributed by atoms with E-state index in [1.807, 2.05) is 13.1 Å². The van der Waals surface area contributed by atoms with Gasteiger partial charge in [0.2, 0.25) is 5.91 Å². The van der Waals surface area contributed by atoms with Crippen molar-refractivity contribution in [3.63, 3.8) is 0 Å².